The van der Waals surface area contributed by atoms with Gasteiger partial charge in [0.15, 0.2) is 0 Å². The molecule has 0 saturated carbocycles. The van der Waals surface area contributed by atoms with Gasteiger partial charge in [0, 0.05) is 24.4 Å². The largest absolute Gasteiger partial charge is 0.497 e. The van der Waals surface area contributed by atoms with Crippen molar-refractivity contribution >= 4 is 28.7 Å². The van der Waals surface area contributed by atoms with Crippen molar-refractivity contribution in [2.45, 2.75) is 20.3 Å². The molecule has 0 unspecified atom stereocenters. The van der Waals surface area contributed by atoms with Crippen molar-refractivity contribution in [1.82, 2.24) is 0 Å². The van der Waals surface area contributed by atoms with Crippen molar-refractivity contribution in [2.24, 2.45) is 16.0 Å². The molecule has 0 fully saturated rings. The van der Waals surface area contributed by atoms with Crippen LogP contribution in [-0.4, -0.2) is 35.9 Å². The van der Waals surface area contributed by atoms with Crippen LogP contribution in [0.25, 0.3) is 0 Å². The van der Waals surface area contributed by atoms with Gasteiger partial charge in [-0.25, -0.2) is 0 Å². The van der Waals surface area contributed by atoms with Crippen LogP contribution in [0.2, 0.25) is 0 Å². The van der Waals surface area contributed by atoms with E-state index in [0.29, 0.717) is 23.7 Å². The second-order valence-corrected chi connectivity index (χ2v) is 6.72. The van der Waals surface area contributed by atoms with E-state index in [2.05, 4.69) is 10.1 Å². The first-order chi connectivity index (χ1) is 13.9. The average Bonchev–Trinajstić information content (AvgIpc) is 3.02. The van der Waals surface area contributed by atoms with Crippen LogP contribution < -0.4 is 9.75 Å². The van der Waals surface area contributed by atoms with Gasteiger partial charge in [-0.3, -0.25) is 19.9 Å². The molecular formula is C21H22N4O4. The number of anilines is 1. The molecule has 3 rings (SSSR count). The lowest BCUT2D eigenvalue weighted by molar-refractivity contribution is -0.384. The molecule has 0 N–H and O–H groups in total. The Morgan fingerprint density at radius 3 is 2.45 bits per heavy atom. The predicted octanol–water partition coefficient (Wildman–Crippen LogP) is 3.65. The van der Waals surface area contributed by atoms with Gasteiger partial charge in [0.25, 0.3) is 11.6 Å². The van der Waals surface area contributed by atoms with Gasteiger partial charge in [0.1, 0.15) is 11.7 Å². The number of hydrazone groups is 1. The zero-order chi connectivity index (χ0) is 21.0. The molecule has 1 aliphatic rings. The molecule has 0 saturated heterocycles. The molecule has 0 aromatic heterocycles. The van der Waals surface area contributed by atoms with Crippen molar-refractivity contribution in [3.8, 4) is 5.75 Å². The fourth-order valence-electron chi connectivity index (χ4n) is 3.19. The first-order valence-corrected chi connectivity index (χ1v) is 9.18. The summed E-state index contributed by atoms with van der Waals surface area (Å²) >= 11 is 0. The van der Waals surface area contributed by atoms with Crippen molar-refractivity contribution in [2.75, 3.05) is 18.7 Å². The van der Waals surface area contributed by atoms with Crippen LogP contribution in [0.15, 0.2) is 58.6 Å². The summed E-state index contributed by atoms with van der Waals surface area (Å²) < 4.78 is 5.15. The fraction of sp³-hybridized carbons (Fsp3) is 0.286. The third-order valence-electron chi connectivity index (χ3n) is 4.77. The molecular weight excluding hydrogens is 372 g/mol. The minimum atomic E-state index is -0.513. The number of carbonyl (C=O) groups excluding carboxylic acids is 1. The summed E-state index contributed by atoms with van der Waals surface area (Å²) in [7, 11) is 1.63. The van der Waals surface area contributed by atoms with E-state index in [4.69, 9.17) is 4.74 Å². The lowest BCUT2D eigenvalue weighted by atomic mass is 9.99. The number of methoxy groups -OCH3 is 1. The molecule has 0 spiro atoms. The molecule has 1 amide bonds. The number of hydrogen-bond acceptors (Lipinski definition) is 6. The molecule has 0 radical (unpaired) electrons. The maximum atomic E-state index is 12.9. The molecule has 8 heteroatoms. The lowest BCUT2D eigenvalue weighted by Crippen LogP contribution is -2.31. The Morgan fingerprint density at radius 1 is 1.21 bits per heavy atom. The standard InChI is InChI=1S/C21H22N4O4/c1-14(22-13-12-16-4-10-19(29-3)11-5-16)20-15(2)23-24(21(20)26)17-6-8-18(9-7-17)25(27)28/h4-11,20H,12-13H2,1-3H3/t20-/m1/s1. The molecule has 1 aliphatic heterocycles. The van der Waals surface area contributed by atoms with E-state index in [-0.39, 0.29) is 11.6 Å². The third-order valence-corrected chi connectivity index (χ3v) is 4.77. The Bertz CT molecular complexity index is 965. The van der Waals surface area contributed by atoms with E-state index < -0.39 is 10.8 Å². The van der Waals surface area contributed by atoms with Crippen LogP contribution in [0.4, 0.5) is 11.4 Å². The Hall–Kier alpha value is -3.55. The summed E-state index contributed by atoms with van der Waals surface area (Å²) in [5, 5.41) is 16.4. The highest BCUT2D eigenvalue weighted by atomic mass is 16.6. The molecule has 1 atom stereocenters. The smallest absolute Gasteiger partial charge is 0.269 e. The van der Waals surface area contributed by atoms with Gasteiger partial charge in [0.05, 0.1) is 23.4 Å². The molecule has 8 nitrogen and oxygen atoms in total. The summed E-state index contributed by atoms with van der Waals surface area (Å²) in [5.41, 5.74) is 2.95. The minimum absolute atomic E-state index is 0.0334. The van der Waals surface area contributed by atoms with Crippen LogP contribution in [0.3, 0.4) is 0 Å². The maximum Gasteiger partial charge on any atom is 0.269 e. The quantitative estimate of drug-likeness (QED) is 0.407. The Labute approximate surface area is 168 Å². The number of nitro benzene ring substituents is 1. The topological polar surface area (TPSA) is 97.4 Å². The minimum Gasteiger partial charge on any atom is -0.497 e. The van der Waals surface area contributed by atoms with E-state index in [9.17, 15) is 14.9 Å². The average molecular weight is 394 g/mol. The number of rotatable bonds is 7. The van der Waals surface area contributed by atoms with Gasteiger partial charge >= 0.3 is 0 Å². The van der Waals surface area contributed by atoms with Crippen molar-refractivity contribution in [3.63, 3.8) is 0 Å². The number of non-ortho nitro benzene ring substituents is 1. The second-order valence-electron chi connectivity index (χ2n) is 6.72. The Balaban J connectivity index is 1.66. The lowest BCUT2D eigenvalue weighted by Gasteiger charge is -2.14. The van der Waals surface area contributed by atoms with Crippen LogP contribution in [0.1, 0.15) is 19.4 Å². The number of carbonyl (C=O) groups is 1. The first kappa shape index (κ1) is 20.2. The Kier molecular flexibility index (Phi) is 6.01. The normalized spacial score (nSPS) is 16.7. The van der Waals surface area contributed by atoms with Gasteiger partial charge in [-0.15, -0.1) is 0 Å². The number of hydrogen-bond donors (Lipinski definition) is 0. The number of benzene rings is 2. The van der Waals surface area contributed by atoms with Crippen molar-refractivity contribution in [3.05, 3.63) is 64.2 Å². The maximum absolute atomic E-state index is 12.9. The van der Waals surface area contributed by atoms with E-state index in [0.717, 1.165) is 17.7 Å². The molecule has 2 aromatic carbocycles. The van der Waals surface area contributed by atoms with E-state index >= 15 is 0 Å². The number of nitrogens with zero attached hydrogens (tertiary/aromatic N) is 4. The van der Waals surface area contributed by atoms with Gasteiger partial charge in [-0.2, -0.15) is 10.1 Å². The zero-order valence-corrected chi connectivity index (χ0v) is 16.5. The fourth-order valence-corrected chi connectivity index (χ4v) is 3.19. The highest BCUT2D eigenvalue weighted by Gasteiger charge is 2.36. The van der Waals surface area contributed by atoms with Crippen LogP contribution in [0.5, 0.6) is 5.75 Å². The van der Waals surface area contributed by atoms with Crippen molar-refractivity contribution < 1.29 is 14.5 Å². The predicted molar refractivity (Wildman–Crippen MR) is 112 cm³/mol. The monoisotopic (exact) mass is 394 g/mol. The first-order valence-electron chi connectivity index (χ1n) is 9.18. The molecule has 29 heavy (non-hydrogen) atoms. The second kappa shape index (κ2) is 8.64. The molecule has 0 aliphatic carbocycles. The summed E-state index contributed by atoms with van der Waals surface area (Å²) in [6, 6.07) is 13.6. The highest BCUT2D eigenvalue weighted by Crippen LogP contribution is 2.26. The number of nitro groups is 1. The van der Waals surface area contributed by atoms with E-state index in [1.807, 2.05) is 31.2 Å². The molecule has 150 valence electrons. The number of aliphatic imine (C=N–C) groups is 1. The molecule has 0 bridgehead atoms. The summed E-state index contributed by atoms with van der Waals surface area (Å²) in [6.07, 6.45) is 0.754. The summed E-state index contributed by atoms with van der Waals surface area (Å²) in [6.45, 7) is 4.18. The van der Waals surface area contributed by atoms with Gasteiger partial charge in [0.2, 0.25) is 0 Å². The van der Waals surface area contributed by atoms with Gasteiger partial charge in [-0.05, 0) is 50.1 Å². The zero-order valence-electron chi connectivity index (χ0n) is 16.5. The summed E-state index contributed by atoms with van der Waals surface area (Å²) in [4.78, 5) is 27.8. The Morgan fingerprint density at radius 2 is 1.86 bits per heavy atom. The van der Waals surface area contributed by atoms with E-state index in [1.54, 1.807) is 14.0 Å². The van der Waals surface area contributed by atoms with Crippen molar-refractivity contribution in [1.29, 1.82) is 0 Å². The van der Waals surface area contributed by atoms with Gasteiger partial charge < -0.3 is 4.74 Å². The van der Waals surface area contributed by atoms with Crippen LogP contribution in [0, 0.1) is 16.0 Å². The van der Waals surface area contributed by atoms with E-state index in [1.165, 1.54) is 29.3 Å². The van der Waals surface area contributed by atoms with Crippen LogP contribution in [-0.2, 0) is 11.2 Å². The third kappa shape index (κ3) is 4.48. The number of ether oxygens (including phenoxy) is 1. The molecule has 2 aromatic rings. The molecule has 1 heterocycles. The van der Waals surface area contributed by atoms with Gasteiger partial charge in [-0.1, -0.05) is 12.1 Å². The summed E-state index contributed by atoms with van der Waals surface area (Å²) in [5.74, 6) is 0.0891. The van der Waals surface area contributed by atoms with Crippen LogP contribution >= 0.6 is 0 Å². The number of amides is 1. The highest BCUT2D eigenvalue weighted by molar-refractivity contribution is 6.27. The SMILES string of the molecule is COc1ccc(CCN=C(C)[C@H]2C(=O)N(c3ccc([N+](=O)[O-])cc3)N=C2C)cc1.